The first-order valence-electron chi connectivity index (χ1n) is 14.5. The van der Waals surface area contributed by atoms with E-state index in [9.17, 15) is 29.1 Å². The number of rotatable bonds is 16. The van der Waals surface area contributed by atoms with Crippen LogP contribution in [0.5, 0.6) is 0 Å². The highest BCUT2D eigenvalue weighted by atomic mass is 16.6. The van der Waals surface area contributed by atoms with Crippen LogP contribution < -0.4 is 16.0 Å². The Morgan fingerprint density at radius 1 is 0.875 bits per heavy atom. The molecule has 11 heteroatoms. The maximum Gasteiger partial charge on any atom is 0.245 e. The van der Waals surface area contributed by atoms with Gasteiger partial charge in [-0.05, 0) is 44.9 Å². The number of carbonyl (C=O) groups excluding carboxylic acids is 5. The lowest BCUT2D eigenvalue weighted by Crippen LogP contribution is -2.62. The second-order valence-corrected chi connectivity index (χ2v) is 12.0. The molecule has 0 radical (unpaired) electrons. The number of Topliss-reactive ketones (excluding diaryl/α,β-unsaturated/α-hetero) is 1. The Balaban J connectivity index is 3.17. The van der Waals surface area contributed by atoms with Crippen LogP contribution in [-0.2, 0) is 28.7 Å². The van der Waals surface area contributed by atoms with Crippen LogP contribution in [0.4, 0.5) is 0 Å². The largest absolute Gasteiger partial charge is 0.391 e. The van der Waals surface area contributed by atoms with Gasteiger partial charge in [0.25, 0.3) is 0 Å². The molecule has 11 nitrogen and oxygen atoms in total. The third-order valence-corrected chi connectivity index (χ3v) is 8.19. The summed E-state index contributed by atoms with van der Waals surface area (Å²) < 4.78 is 5.48. The van der Waals surface area contributed by atoms with E-state index >= 15 is 0 Å². The van der Waals surface area contributed by atoms with Crippen molar-refractivity contribution in [1.29, 1.82) is 0 Å². The van der Waals surface area contributed by atoms with Crippen molar-refractivity contribution >= 4 is 29.4 Å². The summed E-state index contributed by atoms with van der Waals surface area (Å²) in [4.78, 5) is 66.8. The fourth-order valence-electron chi connectivity index (χ4n) is 4.73. The van der Waals surface area contributed by atoms with E-state index in [2.05, 4.69) is 16.0 Å². The molecule has 230 valence electrons. The number of likely N-dealkylation sites (N-methyl/N-ethyl adjacent to an activating group) is 1. The molecular formula is C29H52N4O7. The molecule has 0 aliphatic carbocycles. The van der Waals surface area contributed by atoms with Gasteiger partial charge in [-0.2, -0.15) is 0 Å². The smallest absolute Gasteiger partial charge is 0.245 e. The monoisotopic (exact) mass is 568 g/mol. The number of nitrogens with zero attached hydrogens (tertiary/aromatic N) is 1. The number of nitrogens with one attached hydrogen (secondary N) is 3. The number of ketones is 1. The lowest BCUT2D eigenvalue weighted by molar-refractivity contribution is -0.141. The SMILES string of the molecule is CC[C@H](C)[C@H](NC(=O)[C@H]([C@@H](C)CC)N(C)C(C)=O)C(=O)N[C@H](C(=O)N[C@@H](CC(C)C)C(=O)[C@]1(C)O[C@@H]1C)[C@@H](C)O. The van der Waals surface area contributed by atoms with Crippen LogP contribution in [0.2, 0.25) is 0 Å². The van der Waals surface area contributed by atoms with E-state index in [4.69, 9.17) is 4.74 Å². The summed E-state index contributed by atoms with van der Waals surface area (Å²) in [6, 6.07) is -4.03. The molecule has 1 aliphatic rings. The minimum Gasteiger partial charge on any atom is -0.391 e. The van der Waals surface area contributed by atoms with Gasteiger partial charge in [-0.15, -0.1) is 0 Å². The van der Waals surface area contributed by atoms with Gasteiger partial charge in [0.1, 0.15) is 18.1 Å². The molecule has 9 atom stereocenters. The van der Waals surface area contributed by atoms with Gasteiger partial charge in [0.2, 0.25) is 23.6 Å². The first-order valence-corrected chi connectivity index (χ1v) is 14.5. The number of hydrogen-bond acceptors (Lipinski definition) is 7. The predicted octanol–water partition coefficient (Wildman–Crippen LogP) is 1.55. The number of aliphatic hydroxyl groups is 1. The lowest BCUT2D eigenvalue weighted by atomic mass is 9.91. The van der Waals surface area contributed by atoms with Crippen molar-refractivity contribution in [2.75, 3.05) is 7.05 Å². The van der Waals surface area contributed by atoms with E-state index in [0.717, 1.165) is 0 Å². The number of amides is 4. The summed E-state index contributed by atoms with van der Waals surface area (Å²) in [6.45, 7) is 17.5. The number of aliphatic hydroxyl groups excluding tert-OH is 1. The summed E-state index contributed by atoms with van der Waals surface area (Å²) in [6.07, 6.45) is 0.000186. The van der Waals surface area contributed by atoms with Gasteiger partial charge in [-0.25, -0.2) is 0 Å². The predicted molar refractivity (Wildman–Crippen MR) is 152 cm³/mol. The van der Waals surface area contributed by atoms with Crippen LogP contribution in [0.25, 0.3) is 0 Å². The number of epoxide rings is 1. The van der Waals surface area contributed by atoms with Crippen LogP contribution in [-0.4, -0.2) is 88.4 Å². The van der Waals surface area contributed by atoms with E-state index in [1.54, 1.807) is 27.8 Å². The first-order chi connectivity index (χ1) is 18.4. The van der Waals surface area contributed by atoms with Crippen LogP contribution in [0.1, 0.15) is 88.5 Å². The molecule has 0 aromatic rings. The summed E-state index contributed by atoms with van der Waals surface area (Å²) in [5, 5.41) is 18.6. The number of carbonyl (C=O) groups is 5. The van der Waals surface area contributed by atoms with Gasteiger partial charge in [0, 0.05) is 14.0 Å². The Morgan fingerprint density at radius 3 is 1.75 bits per heavy atom. The summed E-state index contributed by atoms with van der Waals surface area (Å²) in [5.41, 5.74) is -0.985. The van der Waals surface area contributed by atoms with Crippen LogP contribution in [0.15, 0.2) is 0 Å². The normalized spacial score (nSPS) is 23.6. The molecule has 40 heavy (non-hydrogen) atoms. The van der Waals surface area contributed by atoms with Crippen molar-refractivity contribution in [2.24, 2.45) is 17.8 Å². The molecule has 1 rings (SSSR count). The zero-order chi connectivity index (χ0) is 31.1. The minimum atomic E-state index is -1.37. The molecule has 1 fully saturated rings. The molecule has 0 unspecified atom stereocenters. The highest BCUT2D eigenvalue weighted by Gasteiger charge is 2.57. The molecule has 1 saturated heterocycles. The van der Waals surface area contributed by atoms with E-state index in [1.807, 2.05) is 34.6 Å². The second kappa shape index (κ2) is 14.9. The summed E-state index contributed by atoms with van der Waals surface area (Å²) >= 11 is 0. The van der Waals surface area contributed by atoms with Gasteiger partial charge in [0.15, 0.2) is 11.4 Å². The van der Waals surface area contributed by atoms with E-state index in [0.29, 0.717) is 19.3 Å². The molecule has 0 aromatic heterocycles. The van der Waals surface area contributed by atoms with E-state index in [-0.39, 0.29) is 35.5 Å². The molecule has 4 N–H and O–H groups in total. The van der Waals surface area contributed by atoms with Gasteiger partial charge in [-0.3, -0.25) is 24.0 Å². The fraction of sp³-hybridized carbons (Fsp3) is 0.828. The molecule has 0 bridgehead atoms. The maximum atomic E-state index is 13.5. The highest BCUT2D eigenvalue weighted by molar-refractivity contribution is 5.99. The summed E-state index contributed by atoms with van der Waals surface area (Å²) in [7, 11) is 1.55. The molecule has 4 amide bonds. The lowest BCUT2D eigenvalue weighted by Gasteiger charge is -2.34. The fourth-order valence-corrected chi connectivity index (χ4v) is 4.73. The highest BCUT2D eigenvalue weighted by Crippen LogP contribution is 2.38. The topological polar surface area (TPSA) is 157 Å². The minimum absolute atomic E-state index is 0.0862. The summed E-state index contributed by atoms with van der Waals surface area (Å²) in [5.74, 6) is -2.75. The Morgan fingerprint density at radius 2 is 1.35 bits per heavy atom. The Hall–Kier alpha value is -2.53. The van der Waals surface area contributed by atoms with Crippen LogP contribution >= 0.6 is 0 Å². The standard InChI is InChI=1S/C29H52N4O7/c1-12-16(5)22(31-28(39)24(17(6)13-2)33(11)20(9)35)26(37)32-23(18(7)34)27(38)30-21(14-15(3)4)25(36)29(10)19(8)40-29/h15-19,21-24,34H,12-14H2,1-11H3,(H,30,38)(H,31,39)(H,32,37)/t16-,17-,18+,19+,21-,22-,23-,24-,29+/m0/s1. The maximum absolute atomic E-state index is 13.5. The quantitative estimate of drug-likeness (QED) is 0.206. The second-order valence-electron chi connectivity index (χ2n) is 12.0. The molecule has 1 heterocycles. The van der Waals surface area contributed by atoms with Gasteiger partial charge in [0.05, 0.1) is 18.2 Å². The van der Waals surface area contributed by atoms with Gasteiger partial charge in [-0.1, -0.05) is 54.4 Å². The zero-order valence-electron chi connectivity index (χ0n) is 26.2. The average molecular weight is 569 g/mol. The van der Waals surface area contributed by atoms with Crippen molar-refractivity contribution in [3.05, 3.63) is 0 Å². The molecular weight excluding hydrogens is 516 g/mol. The van der Waals surface area contributed by atoms with Crippen molar-refractivity contribution in [2.45, 2.75) is 130 Å². The first kappa shape index (κ1) is 35.5. The van der Waals surface area contributed by atoms with Crippen molar-refractivity contribution in [3.63, 3.8) is 0 Å². The molecule has 1 aliphatic heterocycles. The molecule has 0 spiro atoms. The third kappa shape index (κ3) is 8.99. The third-order valence-electron chi connectivity index (χ3n) is 8.19. The molecule has 0 saturated carbocycles. The number of ether oxygens (including phenoxy) is 1. The van der Waals surface area contributed by atoms with Crippen molar-refractivity contribution < 1.29 is 33.8 Å². The van der Waals surface area contributed by atoms with E-state index in [1.165, 1.54) is 18.7 Å². The van der Waals surface area contributed by atoms with Gasteiger partial charge < -0.3 is 30.7 Å². The Kier molecular flexibility index (Phi) is 13.2. The Bertz CT molecular complexity index is 924. The van der Waals surface area contributed by atoms with E-state index < -0.39 is 53.6 Å². The van der Waals surface area contributed by atoms with Crippen molar-refractivity contribution in [3.8, 4) is 0 Å². The average Bonchev–Trinajstić information content (AvgIpc) is 3.50. The van der Waals surface area contributed by atoms with Crippen molar-refractivity contribution in [1.82, 2.24) is 20.9 Å². The Labute approximate surface area is 239 Å². The van der Waals surface area contributed by atoms with Crippen LogP contribution in [0, 0.1) is 17.8 Å². The van der Waals surface area contributed by atoms with Crippen LogP contribution in [0.3, 0.4) is 0 Å². The number of hydrogen-bond donors (Lipinski definition) is 4. The zero-order valence-corrected chi connectivity index (χ0v) is 26.2. The molecule has 0 aromatic carbocycles. The van der Waals surface area contributed by atoms with Gasteiger partial charge >= 0.3 is 0 Å².